The van der Waals surface area contributed by atoms with Crippen LogP contribution in [-0.2, 0) is 9.47 Å². The van der Waals surface area contributed by atoms with Crippen molar-refractivity contribution in [1.29, 1.82) is 0 Å². The lowest BCUT2D eigenvalue weighted by atomic mass is 10.0. The first-order chi connectivity index (χ1) is 11.0. The molecule has 0 bridgehead atoms. The zero-order chi connectivity index (χ0) is 16.8. The highest BCUT2D eigenvalue weighted by Crippen LogP contribution is 2.18. The third-order valence-electron chi connectivity index (χ3n) is 3.07. The summed E-state index contributed by atoms with van der Waals surface area (Å²) in [5.41, 5.74) is 1.49. The highest BCUT2D eigenvalue weighted by Gasteiger charge is 2.18. The molecule has 0 aliphatic carbocycles. The molecule has 0 fully saturated rings. The van der Waals surface area contributed by atoms with Gasteiger partial charge >= 0.3 is 11.9 Å². The molecule has 0 radical (unpaired) electrons. The van der Waals surface area contributed by atoms with E-state index in [2.05, 4.69) is 14.5 Å². The summed E-state index contributed by atoms with van der Waals surface area (Å²) < 4.78 is 9.33. The summed E-state index contributed by atoms with van der Waals surface area (Å²) in [4.78, 5) is 27.7. The molecule has 0 aliphatic rings. The third kappa shape index (κ3) is 3.94. The van der Waals surface area contributed by atoms with Gasteiger partial charge in [0.05, 0.1) is 31.0 Å². The van der Waals surface area contributed by atoms with E-state index in [4.69, 9.17) is 0 Å². The predicted octanol–water partition coefficient (Wildman–Crippen LogP) is 2.72. The Kier molecular flexibility index (Phi) is 5.09. The smallest absolute Gasteiger partial charge is 0.338 e. The second kappa shape index (κ2) is 7.22. The Hall–Kier alpha value is -3.15. The van der Waals surface area contributed by atoms with Gasteiger partial charge in [0.15, 0.2) is 0 Å². The van der Waals surface area contributed by atoms with Gasteiger partial charge in [-0.15, -0.1) is 0 Å². The number of methoxy groups -OCH3 is 2. The van der Waals surface area contributed by atoms with E-state index in [0.717, 1.165) is 0 Å². The number of carbonyl (C=O) groups excluding carboxylic acids is 2. The predicted molar refractivity (Wildman–Crippen MR) is 84.5 cm³/mol. The summed E-state index contributed by atoms with van der Waals surface area (Å²) in [6.45, 7) is 0. The quantitative estimate of drug-likeness (QED) is 0.693. The monoisotopic (exact) mass is 313 g/mol. The number of phenolic OH excluding ortho intramolecular Hbond substituents is 1. The first-order valence-electron chi connectivity index (χ1n) is 6.69. The standard InChI is InChI=1S/C17H15NO5/c1-22-16(20)14-8-3-11(9-15(14)17(21)23-2)10-18-12-4-6-13(19)7-5-12/h3-10,19H,1-2H3/b18-10+. The number of aliphatic imine (C=N–C) groups is 1. The van der Waals surface area contributed by atoms with E-state index < -0.39 is 11.9 Å². The molecule has 0 unspecified atom stereocenters. The molecular weight excluding hydrogens is 298 g/mol. The van der Waals surface area contributed by atoms with Gasteiger partial charge in [0.25, 0.3) is 0 Å². The van der Waals surface area contributed by atoms with Crippen LogP contribution in [0.2, 0.25) is 0 Å². The number of rotatable bonds is 4. The lowest BCUT2D eigenvalue weighted by Gasteiger charge is -2.07. The van der Waals surface area contributed by atoms with Crippen molar-refractivity contribution < 1.29 is 24.2 Å². The molecule has 6 heteroatoms. The highest BCUT2D eigenvalue weighted by molar-refractivity contribution is 6.04. The van der Waals surface area contributed by atoms with Crippen LogP contribution in [0.5, 0.6) is 5.75 Å². The van der Waals surface area contributed by atoms with E-state index in [-0.39, 0.29) is 16.9 Å². The van der Waals surface area contributed by atoms with Gasteiger partial charge in [-0.1, -0.05) is 6.07 Å². The molecular formula is C17H15NO5. The molecule has 2 aromatic rings. The van der Waals surface area contributed by atoms with Gasteiger partial charge < -0.3 is 14.6 Å². The number of hydrogen-bond acceptors (Lipinski definition) is 6. The van der Waals surface area contributed by atoms with Crippen LogP contribution in [-0.4, -0.2) is 37.5 Å². The van der Waals surface area contributed by atoms with Gasteiger partial charge in [0, 0.05) is 6.21 Å². The van der Waals surface area contributed by atoms with Crippen LogP contribution in [0.25, 0.3) is 0 Å². The number of aromatic hydroxyl groups is 1. The van der Waals surface area contributed by atoms with Crippen molar-refractivity contribution in [2.24, 2.45) is 4.99 Å². The average molecular weight is 313 g/mol. The number of phenols is 1. The fourth-order valence-electron chi connectivity index (χ4n) is 1.90. The van der Waals surface area contributed by atoms with Crippen molar-refractivity contribution in [3.63, 3.8) is 0 Å². The molecule has 0 aliphatic heterocycles. The van der Waals surface area contributed by atoms with Crippen LogP contribution in [0, 0.1) is 0 Å². The van der Waals surface area contributed by atoms with Crippen LogP contribution in [0.4, 0.5) is 5.69 Å². The fourth-order valence-corrected chi connectivity index (χ4v) is 1.90. The molecule has 0 heterocycles. The molecule has 2 aromatic carbocycles. The molecule has 118 valence electrons. The number of esters is 2. The molecule has 0 spiro atoms. The summed E-state index contributed by atoms with van der Waals surface area (Å²) in [7, 11) is 2.48. The third-order valence-corrected chi connectivity index (χ3v) is 3.07. The molecule has 0 amide bonds. The Labute approximate surface area is 133 Å². The van der Waals surface area contributed by atoms with E-state index >= 15 is 0 Å². The maximum Gasteiger partial charge on any atom is 0.338 e. The largest absolute Gasteiger partial charge is 0.508 e. The molecule has 6 nitrogen and oxygen atoms in total. The number of ether oxygens (including phenoxy) is 2. The van der Waals surface area contributed by atoms with Crippen molar-refractivity contribution in [1.82, 2.24) is 0 Å². The van der Waals surface area contributed by atoms with Gasteiger partial charge in [-0.3, -0.25) is 4.99 Å². The second-order valence-corrected chi connectivity index (χ2v) is 4.56. The Bertz CT molecular complexity index is 750. The Balaban J connectivity index is 2.34. The Morgan fingerprint density at radius 2 is 1.57 bits per heavy atom. The van der Waals surface area contributed by atoms with E-state index in [1.807, 2.05) is 0 Å². The van der Waals surface area contributed by atoms with E-state index in [9.17, 15) is 14.7 Å². The number of benzene rings is 2. The number of carbonyl (C=O) groups is 2. The molecule has 0 saturated heterocycles. The lowest BCUT2D eigenvalue weighted by molar-refractivity contribution is 0.0555. The van der Waals surface area contributed by atoms with Crippen LogP contribution >= 0.6 is 0 Å². The second-order valence-electron chi connectivity index (χ2n) is 4.56. The summed E-state index contributed by atoms with van der Waals surface area (Å²) in [5, 5.41) is 9.23. The molecule has 23 heavy (non-hydrogen) atoms. The molecule has 1 N–H and O–H groups in total. The summed E-state index contributed by atoms with van der Waals surface area (Å²) in [5.74, 6) is -1.10. The average Bonchev–Trinajstić information content (AvgIpc) is 2.59. The lowest BCUT2D eigenvalue weighted by Crippen LogP contribution is -2.12. The maximum absolute atomic E-state index is 11.8. The van der Waals surface area contributed by atoms with Crippen molar-refractivity contribution in [3.8, 4) is 5.75 Å². The molecule has 0 aromatic heterocycles. The SMILES string of the molecule is COC(=O)c1ccc(/C=N/c2ccc(O)cc2)cc1C(=O)OC. The fraction of sp³-hybridized carbons (Fsp3) is 0.118. The number of nitrogens with zero attached hydrogens (tertiary/aromatic N) is 1. The first kappa shape index (κ1) is 16.2. The van der Waals surface area contributed by atoms with Gasteiger partial charge in [-0.2, -0.15) is 0 Å². The normalized spacial score (nSPS) is 10.5. The van der Waals surface area contributed by atoms with E-state index in [0.29, 0.717) is 11.3 Å². The molecule has 2 rings (SSSR count). The minimum atomic E-state index is -0.634. The van der Waals surface area contributed by atoms with Gasteiger partial charge in [-0.25, -0.2) is 9.59 Å². The van der Waals surface area contributed by atoms with Gasteiger partial charge in [0.1, 0.15) is 5.75 Å². The zero-order valence-electron chi connectivity index (χ0n) is 12.6. The molecule has 0 saturated carbocycles. The first-order valence-corrected chi connectivity index (χ1v) is 6.69. The van der Waals surface area contributed by atoms with Crippen molar-refractivity contribution >= 4 is 23.8 Å². The minimum Gasteiger partial charge on any atom is -0.508 e. The van der Waals surface area contributed by atoms with E-state index in [1.165, 1.54) is 38.5 Å². The Morgan fingerprint density at radius 3 is 2.17 bits per heavy atom. The maximum atomic E-state index is 11.8. The summed E-state index contributed by atoms with van der Waals surface area (Å²) in [6, 6.07) is 11.0. The van der Waals surface area contributed by atoms with Gasteiger partial charge in [-0.05, 0) is 42.0 Å². The van der Waals surface area contributed by atoms with Crippen LogP contribution < -0.4 is 0 Å². The Morgan fingerprint density at radius 1 is 0.957 bits per heavy atom. The highest BCUT2D eigenvalue weighted by atomic mass is 16.5. The van der Waals surface area contributed by atoms with Crippen LogP contribution in [0.1, 0.15) is 26.3 Å². The summed E-state index contributed by atoms with van der Waals surface area (Å²) in [6.07, 6.45) is 1.54. The van der Waals surface area contributed by atoms with Crippen LogP contribution in [0.3, 0.4) is 0 Å². The minimum absolute atomic E-state index is 0.106. The van der Waals surface area contributed by atoms with Gasteiger partial charge in [0.2, 0.25) is 0 Å². The van der Waals surface area contributed by atoms with Crippen molar-refractivity contribution in [2.45, 2.75) is 0 Å². The summed E-state index contributed by atoms with van der Waals surface area (Å²) >= 11 is 0. The number of hydrogen-bond donors (Lipinski definition) is 1. The topological polar surface area (TPSA) is 85.2 Å². The van der Waals surface area contributed by atoms with Crippen molar-refractivity contribution in [3.05, 3.63) is 59.2 Å². The van der Waals surface area contributed by atoms with E-state index in [1.54, 1.807) is 24.4 Å². The zero-order valence-corrected chi connectivity index (χ0v) is 12.6. The molecule has 0 atom stereocenters. The van der Waals surface area contributed by atoms with Crippen molar-refractivity contribution in [2.75, 3.05) is 14.2 Å². The van der Waals surface area contributed by atoms with Crippen LogP contribution in [0.15, 0.2) is 47.5 Å².